The largest absolute Gasteiger partial charge is 0.229 e. The quantitative estimate of drug-likeness (QED) is 0.614. The zero-order valence-corrected chi connectivity index (χ0v) is 19.0. The van der Waals surface area contributed by atoms with E-state index >= 15 is 0 Å². The van der Waals surface area contributed by atoms with Crippen LogP contribution in [0.2, 0.25) is 5.02 Å². The van der Waals surface area contributed by atoms with E-state index in [2.05, 4.69) is 0 Å². The zero-order valence-electron chi connectivity index (χ0n) is 16.6. The van der Waals surface area contributed by atoms with Crippen molar-refractivity contribution in [2.45, 2.75) is 48.0 Å². The number of rotatable bonds is 5. The maximum absolute atomic E-state index is 14.9. The highest BCUT2D eigenvalue weighted by molar-refractivity contribution is 7.92. The first kappa shape index (κ1) is 23.2. The van der Waals surface area contributed by atoms with E-state index in [4.69, 9.17) is 11.6 Å². The van der Waals surface area contributed by atoms with Crippen molar-refractivity contribution < 1.29 is 25.6 Å². The van der Waals surface area contributed by atoms with Crippen LogP contribution >= 0.6 is 11.6 Å². The van der Waals surface area contributed by atoms with Gasteiger partial charge in [-0.15, -0.1) is 0 Å². The second-order valence-corrected chi connectivity index (χ2v) is 12.9. The van der Waals surface area contributed by atoms with Gasteiger partial charge in [0.25, 0.3) is 0 Å². The standard InChI is InChI=1S/C21H23ClF2O4S2/c1-3-29(25,26)18-10-11-21(14(2)12-18,19-13-16(23)6-9-20(19)24)30(27,28)17-7-4-15(22)5-8-17/h4-9,13-14,18H,3,10-12H2,1-2H3. The van der Waals surface area contributed by atoms with Crippen molar-refractivity contribution in [1.29, 1.82) is 0 Å². The number of hydrogen-bond donors (Lipinski definition) is 0. The van der Waals surface area contributed by atoms with E-state index in [1.54, 1.807) is 13.8 Å². The van der Waals surface area contributed by atoms with E-state index in [0.29, 0.717) is 5.02 Å². The van der Waals surface area contributed by atoms with Crippen LogP contribution in [0.1, 0.15) is 38.7 Å². The molecule has 2 aromatic rings. The van der Waals surface area contributed by atoms with Gasteiger partial charge in [0, 0.05) is 16.3 Å². The van der Waals surface area contributed by atoms with Crippen molar-refractivity contribution in [2.24, 2.45) is 5.92 Å². The SMILES string of the molecule is CCS(=O)(=O)C1CCC(c2cc(F)ccc2F)(S(=O)(=O)c2ccc(Cl)cc2)C(C)C1. The highest BCUT2D eigenvalue weighted by atomic mass is 35.5. The van der Waals surface area contributed by atoms with Crippen molar-refractivity contribution in [1.82, 2.24) is 0 Å². The molecular formula is C21H23ClF2O4S2. The van der Waals surface area contributed by atoms with E-state index in [0.717, 1.165) is 18.2 Å². The third-order valence-electron chi connectivity index (χ3n) is 6.15. The van der Waals surface area contributed by atoms with Gasteiger partial charge in [0.2, 0.25) is 0 Å². The summed E-state index contributed by atoms with van der Waals surface area (Å²) in [5.41, 5.74) is -0.266. The minimum absolute atomic E-state index is 0.0406. The molecule has 1 aliphatic carbocycles. The molecule has 164 valence electrons. The fourth-order valence-electron chi connectivity index (χ4n) is 4.48. The average molecular weight is 477 g/mol. The first-order valence-electron chi connectivity index (χ1n) is 9.63. The summed E-state index contributed by atoms with van der Waals surface area (Å²) >= 11 is 5.89. The molecule has 2 aromatic carbocycles. The lowest BCUT2D eigenvalue weighted by Crippen LogP contribution is -2.49. The Labute approximate surface area is 181 Å². The van der Waals surface area contributed by atoms with E-state index < -0.39 is 47.2 Å². The summed E-state index contributed by atoms with van der Waals surface area (Å²) in [5, 5.41) is -0.381. The van der Waals surface area contributed by atoms with Crippen molar-refractivity contribution in [3.63, 3.8) is 0 Å². The summed E-state index contributed by atoms with van der Waals surface area (Å²) in [5.74, 6) is -2.42. The molecule has 0 amide bonds. The molecule has 0 radical (unpaired) electrons. The monoisotopic (exact) mass is 476 g/mol. The molecule has 0 N–H and O–H groups in total. The first-order chi connectivity index (χ1) is 14.0. The molecule has 0 bridgehead atoms. The summed E-state index contributed by atoms with van der Waals surface area (Å²) < 4.78 is 79.7. The molecule has 1 aliphatic rings. The van der Waals surface area contributed by atoms with Crippen LogP contribution in [0.5, 0.6) is 0 Å². The summed E-state index contributed by atoms with van der Waals surface area (Å²) in [6, 6.07) is 8.25. The Kier molecular flexibility index (Phi) is 6.33. The number of benzene rings is 2. The Bertz CT molecular complexity index is 1150. The summed E-state index contributed by atoms with van der Waals surface area (Å²) in [4.78, 5) is -0.0702. The second-order valence-electron chi connectivity index (χ2n) is 7.72. The zero-order chi connectivity index (χ0) is 22.3. The van der Waals surface area contributed by atoms with Crippen LogP contribution in [0.4, 0.5) is 8.78 Å². The van der Waals surface area contributed by atoms with Gasteiger partial charge in [0.05, 0.1) is 10.1 Å². The average Bonchev–Trinajstić information content (AvgIpc) is 2.70. The van der Waals surface area contributed by atoms with Crippen LogP contribution < -0.4 is 0 Å². The van der Waals surface area contributed by atoms with Crippen LogP contribution in [0.3, 0.4) is 0 Å². The van der Waals surface area contributed by atoms with Crippen molar-refractivity contribution in [3.05, 3.63) is 64.7 Å². The fourth-order valence-corrected chi connectivity index (χ4v) is 8.51. The first-order valence-corrected chi connectivity index (χ1v) is 13.2. The maximum atomic E-state index is 14.9. The van der Waals surface area contributed by atoms with Gasteiger partial charge in [-0.1, -0.05) is 25.4 Å². The molecule has 1 saturated carbocycles. The van der Waals surface area contributed by atoms with E-state index in [-0.39, 0.29) is 35.5 Å². The molecule has 30 heavy (non-hydrogen) atoms. The van der Waals surface area contributed by atoms with Gasteiger partial charge in [-0.25, -0.2) is 25.6 Å². The van der Waals surface area contributed by atoms with Gasteiger partial charge < -0.3 is 0 Å². The normalized spacial score (nSPS) is 25.2. The molecule has 0 aromatic heterocycles. The molecule has 3 atom stereocenters. The lowest BCUT2D eigenvalue weighted by atomic mass is 9.75. The van der Waals surface area contributed by atoms with Gasteiger partial charge in [-0.2, -0.15) is 0 Å². The molecule has 3 unspecified atom stereocenters. The molecule has 0 saturated heterocycles. The molecule has 0 aliphatic heterocycles. The van der Waals surface area contributed by atoms with Crippen molar-refractivity contribution >= 4 is 31.3 Å². The third kappa shape index (κ3) is 3.78. The van der Waals surface area contributed by atoms with Crippen molar-refractivity contribution in [2.75, 3.05) is 5.75 Å². The predicted octanol–water partition coefficient (Wildman–Crippen LogP) is 4.91. The summed E-state index contributed by atoms with van der Waals surface area (Å²) in [7, 11) is -7.62. The predicted molar refractivity (Wildman–Crippen MR) is 113 cm³/mol. The van der Waals surface area contributed by atoms with Crippen molar-refractivity contribution in [3.8, 4) is 0 Å². The number of sulfone groups is 2. The summed E-state index contributed by atoms with van der Waals surface area (Å²) in [6.07, 6.45) is -0.0500. The Morgan fingerprint density at radius 3 is 2.27 bits per heavy atom. The minimum Gasteiger partial charge on any atom is -0.229 e. The molecule has 3 rings (SSSR count). The Morgan fingerprint density at radius 1 is 1.07 bits per heavy atom. The fraction of sp³-hybridized carbons (Fsp3) is 0.429. The minimum atomic E-state index is -4.22. The molecule has 0 heterocycles. The smallest absolute Gasteiger partial charge is 0.188 e. The highest BCUT2D eigenvalue weighted by Crippen LogP contribution is 2.52. The highest BCUT2D eigenvalue weighted by Gasteiger charge is 2.55. The third-order valence-corrected chi connectivity index (χ3v) is 11.3. The summed E-state index contributed by atoms with van der Waals surface area (Å²) in [6.45, 7) is 3.13. The lowest BCUT2D eigenvalue weighted by Gasteiger charge is -2.44. The Hall–Kier alpha value is -1.51. The Morgan fingerprint density at radius 2 is 1.70 bits per heavy atom. The van der Waals surface area contributed by atoms with Gasteiger partial charge in [0.15, 0.2) is 19.7 Å². The molecule has 1 fully saturated rings. The molecular weight excluding hydrogens is 454 g/mol. The van der Waals surface area contributed by atoms with Crippen LogP contribution in [0.25, 0.3) is 0 Å². The van der Waals surface area contributed by atoms with E-state index in [9.17, 15) is 25.6 Å². The topological polar surface area (TPSA) is 68.3 Å². The molecule has 0 spiro atoms. The number of hydrogen-bond acceptors (Lipinski definition) is 4. The van der Waals surface area contributed by atoms with Crippen LogP contribution in [0.15, 0.2) is 47.4 Å². The molecule has 4 nitrogen and oxygen atoms in total. The molecule has 9 heteroatoms. The van der Waals surface area contributed by atoms with E-state index in [1.165, 1.54) is 24.3 Å². The van der Waals surface area contributed by atoms with Gasteiger partial charge >= 0.3 is 0 Å². The Balaban J connectivity index is 2.24. The lowest BCUT2D eigenvalue weighted by molar-refractivity contribution is 0.273. The second kappa shape index (κ2) is 8.20. The van der Waals surface area contributed by atoms with Gasteiger partial charge in [0.1, 0.15) is 16.4 Å². The maximum Gasteiger partial charge on any atom is 0.188 e. The van der Waals surface area contributed by atoms with Crippen LogP contribution in [-0.4, -0.2) is 27.8 Å². The number of halogens is 3. The van der Waals surface area contributed by atoms with Crippen LogP contribution in [0, 0.1) is 17.6 Å². The van der Waals surface area contributed by atoms with E-state index in [1.807, 2.05) is 0 Å². The van der Waals surface area contributed by atoms with Crippen LogP contribution in [-0.2, 0) is 24.4 Å². The van der Waals surface area contributed by atoms with Gasteiger partial charge in [-0.3, -0.25) is 0 Å². The van der Waals surface area contributed by atoms with Gasteiger partial charge in [-0.05, 0) is 67.6 Å².